The molecule has 1 aliphatic carbocycles. The van der Waals surface area contributed by atoms with Crippen molar-refractivity contribution in [3.8, 4) is 0 Å². The van der Waals surface area contributed by atoms with Crippen molar-refractivity contribution >= 4 is 49.1 Å². The number of carbonyl (C=O) groups is 1. The van der Waals surface area contributed by atoms with Gasteiger partial charge in [0.1, 0.15) is 0 Å². The molecule has 2 aromatic carbocycles. The second-order valence-corrected chi connectivity index (χ2v) is 10.8. The summed E-state index contributed by atoms with van der Waals surface area (Å²) in [6, 6.07) is 11.6. The monoisotopic (exact) mass is 463 g/mol. The van der Waals surface area contributed by atoms with E-state index >= 15 is 0 Å². The van der Waals surface area contributed by atoms with Crippen LogP contribution in [0.15, 0.2) is 52.4 Å². The second kappa shape index (κ2) is 8.26. The smallest absolute Gasteiger partial charge is 0.279 e. The number of halogens is 1. The molecule has 1 aromatic heterocycles. The van der Waals surface area contributed by atoms with E-state index in [2.05, 4.69) is 4.99 Å². The minimum Gasteiger partial charge on any atom is -0.318 e. The van der Waals surface area contributed by atoms with Crippen LogP contribution >= 0.6 is 22.9 Å². The fraction of sp³-hybridized carbons (Fsp3) is 0.333. The number of carbonyl (C=O) groups excluding carboxylic acids is 1. The highest BCUT2D eigenvalue weighted by Crippen LogP contribution is 2.27. The normalized spacial score (nSPS) is 16.1. The minimum absolute atomic E-state index is 0.0473. The maximum Gasteiger partial charge on any atom is 0.279 e. The van der Waals surface area contributed by atoms with E-state index in [1.807, 2.05) is 19.2 Å². The van der Waals surface area contributed by atoms with Crippen molar-refractivity contribution in [3.63, 3.8) is 0 Å². The molecule has 4 rings (SSSR count). The zero-order valence-corrected chi connectivity index (χ0v) is 19.1. The Morgan fingerprint density at radius 3 is 2.47 bits per heavy atom. The maximum atomic E-state index is 12.9. The number of thiazole rings is 1. The molecule has 0 aliphatic heterocycles. The van der Waals surface area contributed by atoms with Crippen LogP contribution in [0.3, 0.4) is 0 Å². The van der Waals surface area contributed by atoms with Crippen molar-refractivity contribution in [1.82, 2.24) is 8.87 Å². The third kappa shape index (κ3) is 3.85. The predicted octanol–water partition coefficient (Wildman–Crippen LogP) is 4.20. The quantitative estimate of drug-likeness (QED) is 0.582. The maximum absolute atomic E-state index is 12.9. The summed E-state index contributed by atoms with van der Waals surface area (Å²) in [5, 5.41) is 0.598. The van der Waals surface area contributed by atoms with Gasteiger partial charge in [0.25, 0.3) is 5.91 Å². The Hall–Kier alpha value is -2.00. The van der Waals surface area contributed by atoms with E-state index in [0.717, 1.165) is 35.9 Å². The van der Waals surface area contributed by atoms with Crippen LogP contribution in [0, 0.1) is 0 Å². The number of hydrogen-bond acceptors (Lipinski definition) is 4. The number of sulfonamides is 1. The van der Waals surface area contributed by atoms with Gasteiger partial charge in [-0.2, -0.15) is 9.30 Å². The van der Waals surface area contributed by atoms with Crippen molar-refractivity contribution in [2.75, 3.05) is 7.05 Å². The van der Waals surface area contributed by atoms with Crippen molar-refractivity contribution in [2.24, 2.45) is 12.0 Å². The molecule has 9 heteroatoms. The van der Waals surface area contributed by atoms with Crippen LogP contribution in [0.25, 0.3) is 10.2 Å². The van der Waals surface area contributed by atoms with Gasteiger partial charge in [-0.1, -0.05) is 41.8 Å². The van der Waals surface area contributed by atoms with Gasteiger partial charge in [-0.25, -0.2) is 8.42 Å². The molecule has 158 valence electrons. The third-order valence-corrected chi connectivity index (χ3v) is 8.91. The van der Waals surface area contributed by atoms with Gasteiger partial charge in [-0.15, -0.1) is 0 Å². The lowest BCUT2D eigenvalue weighted by atomic mass is 10.2. The summed E-state index contributed by atoms with van der Waals surface area (Å²) < 4.78 is 29.9. The fourth-order valence-electron chi connectivity index (χ4n) is 3.81. The van der Waals surface area contributed by atoms with Crippen molar-refractivity contribution in [3.05, 3.63) is 57.9 Å². The molecule has 30 heavy (non-hydrogen) atoms. The number of nitrogens with zero attached hydrogens (tertiary/aromatic N) is 3. The fourth-order valence-corrected chi connectivity index (χ4v) is 6.63. The molecule has 1 heterocycles. The van der Waals surface area contributed by atoms with Gasteiger partial charge in [-0.3, -0.25) is 4.79 Å². The number of aryl methyl sites for hydroxylation is 1. The summed E-state index contributed by atoms with van der Waals surface area (Å²) in [5.41, 5.74) is 1.16. The number of fused-ring (bicyclic) bond motifs is 1. The van der Waals surface area contributed by atoms with Crippen LogP contribution in [0.4, 0.5) is 0 Å². The molecule has 0 N–H and O–H groups in total. The SMILES string of the molecule is CN(C1CCCC1)S(=O)(=O)c1ccc(C(=O)N=c2sc3cccc(Cl)c3n2C)cc1. The highest BCUT2D eigenvalue weighted by atomic mass is 35.5. The van der Waals surface area contributed by atoms with E-state index in [1.165, 1.54) is 39.9 Å². The summed E-state index contributed by atoms with van der Waals surface area (Å²) >= 11 is 7.64. The van der Waals surface area contributed by atoms with Crippen molar-refractivity contribution in [1.29, 1.82) is 0 Å². The Labute approximate surface area is 184 Å². The number of rotatable bonds is 4. The molecular weight excluding hydrogens is 442 g/mol. The van der Waals surface area contributed by atoms with Gasteiger partial charge in [0.2, 0.25) is 10.0 Å². The first-order valence-corrected chi connectivity index (χ1v) is 12.3. The lowest BCUT2D eigenvalue weighted by molar-refractivity contribution is 0.0998. The first-order valence-electron chi connectivity index (χ1n) is 9.70. The summed E-state index contributed by atoms with van der Waals surface area (Å²) in [4.78, 5) is 17.6. The molecule has 1 fully saturated rings. The Balaban J connectivity index is 1.62. The molecule has 1 saturated carbocycles. The Kier molecular flexibility index (Phi) is 5.85. The van der Waals surface area contributed by atoms with Crippen LogP contribution in [-0.4, -0.2) is 36.3 Å². The van der Waals surface area contributed by atoms with Crippen LogP contribution < -0.4 is 4.80 Å². The van der Waals surface area contributed by atoms with E-state index in [4.69, 9.17) is 11.6 Å². The van der Waals surface area contributed by atoms with Crippen LogP contribution in [0.1, 0.15) is 36.0 Å². The molecule has 1 aliphatic rings. The highest BCUT2D eigenvalue weighted by molar-refractivity contribution is 7.89. The molecule has 1 amide bonds. The third-order valence-electron chi connectivity index (χ3n) is 5.59. The van der Waals surface area contributed by atoms with E-state index in [-0.39, 0.29) is 10.9 Å². The first-order chi connectivity index (χ1) is 14.3. The Morgan fingerprint density at radius 1 is 1.17 bits per heavy atom. The number of hydrogen-bond donors (Lipinski definition) is 0. The summed E-state index contributed by atoms with van der Waals surface area (Å²) in [7, 11) is -0.136. The number of amides is 1. The average molecular weight is 464 g/mol. The predicted molar refractivity (Wildman–Crippen MR) is 119 cm³/mol. The molecule has 0 atom stereocenters. The summed E-state index contributed by atoms with van der Waals surface area (Å²) in [6.07, 6.45) is 3.89. The highest BCUT2D eigenvalue weighted by Gasteiger charge is 2.30. The molecule has 0 saturated heterocycles. The lowest BCUT2D eigenvalue weighted by Crippen LogP contribution is -2.35. The molecule has 0 radical (unpaired) electrons. The summed E-state index contributed by atoms with van der Waals surface area (Å²) in [5.74, 6) is -0.429. The van der Waals surface area contributed by atoms with Gasteiger partial charge >= 0.3 is 0 Å². The minimum atomic E-state index is -3.58. The van der Waals surface area contributed by atoms with Crippen molar-refractivity contribution < 1.29 is 13.2 Å². The summed E-state index contributed by atoms with van der Waals surface area (Å²) in [6.45, 7) is 0. The van der Waals surface area contributed by atoms with Crippen LogP contribution in [0.2, 0.25) is 5.02 Å². The van der Waals surface area contributed by atoms with E-state index in [1.54, 1.807) is 17.7 Å². The van der Waals surface area contributed by atoms with Gasteiger partial charge in [0.15, 0.2) is 4.80 Å². The zero-order valence-electron chi connectivity index (χ0n) is 16.7. The zero-order chi connectivity index (χ0) is 21.5. The van der Waals surface area contributed by atoms with Crippen LogP contribution in [0.5, 0.6) is 0 Å². The van der Waals surface area contributed by atoms with E-state index in [9.17, 15) is 13.2 Å². The van der Waals surface area contributed by atoms with E-state index < -0.39 is 15.9 Å². The number of para-hydroxylation sites is 1. The van der Waals surface area contributed by atoms with Gasteiger partial charge in [0, 0.05) is 25.7 Å². The van der Waals surface area contributed by atoms with Gasteiger partial charge in [0.05, 0.1) is 20.1 Å². The lowest BCUT2D eigenvalue weighted by Gasteiger charge is -2.23. The Bertz CT molecular complexity index is 1270. The molecular formula is C21H22ClN3O3S2. The molecule has 0 unspecified atom stereocenters. The van der Waals surface area contributed by atoms with Crippen LogP contribution in [-0.2, 0) is 17.1 Å². The largest absolute Gasteiger partial charge is 0.318 e. The first kappa shape index (κ1) is 21.2. The number of aromatic nitrogens is 1. The molecule has 0 bridgehead atoms. The van der Waals surface area contributed by atoms with Gasteiger partial charge < -0.3 is 4.57 Å². The number of benzene rings is 2. The van der Waals surface area contributed by atoms with E-state index in [0.29, 0.717) is 15.4 Å². The second-order valence-electron chi connectivity index (χ2n) is 7.43. The average Bonchev–Trinajstić information content (AvgIpc) is 3.37. The van der Waals surface area contributed by atoms with Gasteiger partial charge in [-0.05, 0) is 49.2 Å². The van der Waals surface area contributed by atoms with Crippen molar-refractivity contribution in [2.45, 2.75) is 36.6 Å². The molecule has 6 nitrogen and oxygen atoms in total. The standard InChI is InChI=1S/C21H22ClN3O3S2/c1-24-19-17(22)8-5-9-18(19)29-21(24)23-20(26)14-10-12-16(13-11-14)30(27,28)25(2)15-6-3-4-7-15/h5,8-13,15H,3-4,6-7H2,1-2H3. The molecule has 3 aromatic rings. The topological polar surface area (TPSA) is 71.7 Å². The Morgan fingerprint density at radius 2 is 1.83 bits per heavy atom. The molecule has 0 spiro atoms.